The molecule has 0 radical (unpaired) electrons. The molecule has 0 saturated carbocycles. The Morgan fingerprint density at radius 3 is 1.83 bits per heavy atom. The number of hydrogen-bond acceptors (Lipinski definition) is 8. The van der Waals surface area contributed by atoms with E-state index in [2.05, 4.69) is 16.7 Å². The third-order valence-corrected chi connectivity index (χ3v) is 5.75. The maximum Gasteiger partial charge on any atom is 0.357 e. The number of ether oxygens (including phenoxy) is 2. The summed E-state index contributed by atoms with van der Waals surface area (Å²) < 4.78 is 43.3. The van der Waals surface area contributed by atoms with Crippen molar-refractivity contribution >= 4 is 22.1 Å². The molecular weight excluding hydrogens is 416 g/mol. The molecule has 0 aliphatic rings. The highest BCUT2D eigenvalue weighted by molar-refractivity contribution is 7.88. The maximum atomic E-state index is 12.4. The van der Waals surface area contributed by atoms with Crippen LogP contribution in [0.1, 0.15) is 91.4 Å². The molecule has 0 aromatic heterocycles. The molecule has 178 valence electrons. The van der Waals surface area contributed by atoms with Gasteiger partial charge in [0.05, 0.1) is 13.2 Å². The predicted molar refractivity (Wildman–Crippen MR) is 111 cm³/mol. The fraction of sp³-hybridized carbons (Fsp3) is 0.900. The van der Waals surface area contributed by atoms with Crippen LogP contribution in [0, 0.1) is 0 Å². The van der Waals surface area contributed by atoms with Crippen LogP contribution in [0.25, 0.3) is 0 Å². The second-order valence-electron chi connectivity index (χ2n) is 7.02. The van der Waals surface area contributed by atoms with Crippen molar-refractivity contribution in [2.75, 3.05) is 19.8 Å². The summed E-state index contributed by atoms with van der Waals surface area (Å²) in [6, 6.07) is 0. The van der Waals surface area contributed by atoms with Gasteiger partial charge < -0.3 is 9.47 Å². The molecule has 9 nitrogen and oxygen atoms in total. The van der Waals surface area contributed by atoms with E-state index in [4.69, 9.17) is 9.47 Å². The van der Waals surface area contributed by atoms with Crippen LogP contribution in [-0.4, -0.2) is 49.7 Å². The molecule has 1 N–H and O–H groups in total. The number of esters is 1. The molecular formula is C20H38O9S. The third-order valence-electron chi connectivity index (χ3n) is 4.48. The Kier molecular flexibility index (Phi) is 15.8. The maximum absolute atomic E-state index is 12.4. The van der Waals surface area contributed by atoms with Gasteiger partial charge in [0.1, 0.15) is 6.42 Å². The van der Waals surface area contributed by atoms with Crippen LogP contribution in [-0.2, 0) is 39.0 Å². The summed E-state index contributed by atoms with van der Waals surface area (Å²) in [4.78, 5) is 30.1. The van der Waals surface area contributed by atoms with Crippen LogP contribution in [0.4, 0.5) is 0 Å². The first-order valence-electron chi connectivity index (χ1n) is 10.9. The zero-order valence-corrected chi connectivity index (χ0v) is 19.3. The van der Waals surface area contributed by atoms with Crippen molar-refractivity contribution in [2.45, 2.75) is 96.3 Å². The minimum absolute atomic E-state index is 0.0302. The Hall–Kier alpha value is -1.23. The molecule has 0 rings (SSSR count). The van der Waals surface area contributed by atoms with Gasteiger partial charge in [0.15, 0.2) is 0 Å². The van der Waals surface area contributed by atoms with E-state index in [9.17, 15) is 22.6 Å². The van der Waals surface area contributed by atoms with Crippen molar-refractivity contribution in [3.05, 3.63) is 0 Å². The lowest BCUT2D eigenvalue weighted by Crippen LogP contribution is -2.51. The van der Waals surface area contributed by atoms with E-state index in [1.165, 1.54) is 45.4 Å². The van der Waals surface area contributed by atoms with Crippen molar-refractivity contribution in [3.63, 3.8) is 0 Å². The number of carbonyl (C=O) groups is 2. The summed E-state index contributed by atoms with van der Waals surface area (Å²) >= 11 is 0. The first-order valence-corrected chi connectivity index (χ1v) is 12.3. The topological polar surface area (TPSA) is 125 Å². The average Bonchev–Trinajstić information content (AvgIpc) is 2.69. The van der Waals surface area contributed by atoms with Gasteiger partial charge in [0.25, 0.3) is 0 Å². The average molecular weight is 455 g/mol. The largest absolute Gasteiger partial charge is 0.463 e. The van der Waals surface area contributed by atoms with E-state index in [1.54, 1.807) is 6.92 Å². The van der Waals surface area contributed by atoms with E-state index >= 15 is 0 Å². The summed E-state index contributed by atoms with van der Waals surface area (Å²) in [5, 5.41) is 0. The Morgan fingerprint density at radius 1 is 0.833 bits per heavy atom. The minimum Gasteiger partial charge on any atom is -0.463 e. The standard InChI is InChI=1S/C20H38O9S/c1-4-7-8-9-10-11-12-13-14-15-16-26-19(22)20(27-5-2,30(23,24)25)17-18(21)29-28-6-3/h4-17H2,1-3H3,(H,23,24,25). The molecule has 10 heteroatoms. The molecule has 0 spiro atoms. The van der Waals surface area contributed by atoms with E-state index in [0.717, 1.165) is 19.3 Å². The Balaban J connectivity index is 4.50. The van der Waals surface area contributed by atoms with E-state index < -0.39 is 33.4 Å². The van der Waals surface area contributed by atoms with E-state index in [-0.39, 0.29) is 19.8 Å². The molecule has 30 heavy (non-hydrogen) atoms. The number of carbonyl (C=O) groups excluding carboxylic acids is 2. The Bertz CT molecular complexity index is 577. The van der Waals surface area contributed by atoms with Crippen LogP contribution in [0.3, 0.4) is 0 Å². The molecule has 0 heterocycles. The summed E-state index contributed by atoms with van der Waals surface area (Å²) in [6.45, 7) is 4.89. The third kappa shape index (κ3) is 11.2. The van der Waals surface area contributed by atoms with Crippen molar-refractivity contribution in [1.29, 1.82) is 0 Å². The summed E-state index contributed by atoms with van der Waals surface area (Å²) in [7, 11) is -5.13. The van der Waals surface area contributed by atoms with Gasteiger partial charge in [0.2, 0.25) is 0 Å². The first-order chi connectivity index (χ1) is 14.2. The predicted octanol–water partition coefficient (Wildman–Crippen LogP) is 3.96. The van der Waals surface area contributed by atoms with E-state index in [0.29, 0.717) is 6.42 Å². The quantitative estimate of drug-likeness (QED) is 0.101. The van der Waals surface area contributed by atoms with Crippen LogP contribution in [0.15, 0.2) is 0 Å². The molecule has 1 atom stereocenters. The normalized spacial score (nSPS) is 13.6. The lowest BCUT2D eigenvalue weighted by Gasteiger charge is -2.26. The van der Waals surface area contributed by atoms with Gasteiger partial charge in [-0.05, 0) is 20.3 Å². The molecule has 0 aliphatic heterocycles. The fourth-order valence-electron chi connectivity index (χ4n) is 2.89. The number of unbranched alkanes of at least 4 members (excludes halogenated alkanes) is 9. The van der Waals surface area contributed by atoms with Gasteiger partial charge in [-0.2, -0.15) is 13.3 Å². The Morgan fingerprint density at radius 2 is 1.37 bits per heavy atom. The van der Waals surface area contributed by atoms with Crippen molar-refractivity contribution < 1.29 is 41.8 Å². The SMILES string of the molecule is CCCCCCCCCCCCOC(=O)C(CC(=O)OOCC)(OCC)S(=O)(=O)O. The van der Waals surface area contributed by atoms with Crippen LogP contribution in [0.2, 0.25) is 0 Å². The van der Waals surface area contributed by atoms with Gasteiger partial charge in [-0.25, -0.2) is 9.59 Å². The molecule has 0 bridgehead atoms. The van der Waals surface area contributed by atoms with Gasteiger partial charge in [-0.1, -0.05) is 64.7 Å². The van der Waals surface area contributed by atoms with Crippen molar-refractivity contribution in [1.82, 2.24) is 0 Å². The highest BCUT2D eigenvalue weighted by Crippen LogP contribution is 2.26. The zero-order valence-electron chi connectivity index (χ0n) is 18.5. The molecule has 0 saturated heterocycles. The first kappa shape index (κ1) is 28.8. The van der Waals surface area contributed by atoms with Crippen LogP contribution in [0.5, 0.6) is 0 Å². The van der Waals surface area contributed by atoms with Gasteiger partial charge in [-0.3, -0.25) is 9.44 Å². The Labute approximate surface area is 180 Å². The summed E-state index contributed by atoms with van der Waals surface area (Å²) in [6.07, 6.45) is 9.79. The van der Waals surface area contributed by atoms with Gasteiger partial charge in [-0.15, -0.1) is 0 Å². The van der Waals surface area contributed by atoms with Crippen LogP contribution >= 0.6 is 0 Å². The summed E-state index contributed by atoms with van der Waals surface area (Å²) in [5.74, 6) is -2.53. The number of rotatable bonds is 19. The molecule has 0 fully saturated rings. The molecule has 0 aliphatic carbocycles. The summed E-state index contributed by atoms with van der Waals surface area (Å²) in [5.41, 5.74) is 0. The zero-order chi connectivity index (χ0) is 22.9. The second-order valence-corrected chi connectivity index (χ2v) is 8.63. The minimum atomic E-state index is -5.13. The smallest absolute Gasteiger partial charge is 0.357 e. The molecule has 0 aromatic rings. The monoisotopic (exact) mass is 454 g/mol. The van der Waals surface area contributed by atoms with E-state index in [1.807, 2.05) is 0 Å². The molecule has 1 unspecified atom stereocenters. The molecule has 0 amide bonds. The fourth-order valence-corrected chi connectivity index (χ4v) is 3.73. The van der Waals surface area contributed by atoms with Gasteiger partial charge in [0, 0.05) is 6.61 Å². The highest BCUT2D eigenvalue weighted by atomic mass is 32.2. The second kappa shape index (κ2) is 16.5. The van der Waals surface area contributed by atoms with Crippen molar-refractivity contribution in [3.8, 4) is 0 Å². The molecule has 0 aromatic carbocycles. The lowest BCUT2D eigenvalue weighted by molar-refractivity contribution is -0.271. The highest BCUT2D eigenvalue weighted by Gasteiger charge is 2.55. The number of hydrogen-bond donors (Lipinski definition) is 1. The van der Waals surface area contributed by atoms with Crippen LogP contribution < -0.4 is 0 Å². The lowest BCUT2D eigenvalue weighted by atomic mass is 10.1. The van der Waals surface area contributed by atoms with Gasteiger partial charge >= 0.3 is 27.0 Å². The van der Waals surface area contributed by atoms with Crippen molar-refractivity contribution in [2.24, 2.45) is 0 Å².